The molecule has 1 unspecified atom stereocenters. The van der Waals surface area contributed by atoms with E-state index < -0.39 is 6.04 Å². The van der Waals surface area contributed by atoms with Crippen LogP contribution in [0.1, 0.15) is 30.5 Å². The van der Waals surface area contributed by atoms with Crippen LogP contribution in [0.25, 0.3) is 21.3 Å². The van der Waals surface area contributed by atoms with E-state index >= 15 is 0 Å². The maximum absolute atomic E-state index is 13.4. The van der Waals surface area contributed by atoms with Gasteiger partial charge in [-0.05, 0) is 61.2 Å². The summed E-state index contributed by atoms with van der Waals surface area (Å²) in [6.45, 7) is 5.85. The molecule has 158 valence electrons. The molecule has 0 saturated heterocycles. The second-order valence-electron chi connectivity index (χ2n) is 7.58. The van der Waals surface area contributed by atoms with Crippen LogP contribution in [0, 0.1) is 13.8 Å². The standard InChI is InChI=1S/C24H22ClN3O2S/c1-4-20(22(29)27-18-10-14(2)9-15(3)11-18)28-13-26-23-21(24(28)30)19(12-31-23)16-5-7-17(25)8-6-16/h5-13,20H,4H2,1-3H3,(H,27,29). The quantitative estimate of drug-likeness (QED) is 0.405. The Balaban J connectivity index is 1.74. The van der Waals surface area contributed by atoms with Crippen LogP contribution in [0.2, 0.25) is 5.02 Å². The lowest BCUT2D eigenvalue weighted by molar-refractivity contribution is -0.119. The first-order chi connectivity index (χ1) is 14.9. The van der Waals surface area contributed by atoms with Crippen LogP contribution in [-0.4, -0.2) is 15.5 Å². The summed E-state index contributed by atoms with van der Waals surface area (Å²) in [6.07, 6.45) is 1.94. The number of amides is 1. The molecule has 0 spiro atoms. The summed E-state index contributed by atoms with van der Waals surface area (Å²) in [7, 11) is 0. The molecule has 2 aromatic heterocycles. The molecule has 0 aliphatic heterocycles. The van der Waals surface area contributed by atoms with Gasteiger partial charge >= 0.3 is 0 Å². The minimum absolute atomic E-state index is 0.223. The van der Waals surface area contributed by atoms with Gasteiger partial charge in [0.05, 0.1) is 11.7 Å². The van der Waals surface area contributed by atoms with Gasteiger partial charge in [0, 0.05) is 21.7 Å². The van der Waals surface area contributed by atoms with Crippen molar-refractivity contribution in [2.45, 2.75) is 33.2 Å². The maximum Gasteiger partial charge on any atom is 0.263 e. The largest absolute Gasteiger partial charge is 0.324 e. The van der Waals surface area contributed by atoms with Crippen molar-refractivity contribution in [3.63, 3.8) is 0 Å². The smallest absolute Gasteiger partial charge is 0.263 e. The van der Waals surface area contributed by atoms with E-state index in [1.807, 2.05) is 56.5 Å². The summed E-state index contributed by atoms with van der Waals surface area (Å²) in [5.74, 6) is -0.237. The van der Waals surface area contributed by atoms with Gasteiger partial charge in [-0.3, -0.25) is 14.2 Å². The Morgan fingerprint density at radius 2 is 1.84 bits per heavy atom. The minimum atomic E-state index is -0.664. The molecule has 1 N–H and O–H groups in total. The normalized spacial score (nSPS) is 12.1. The molecule has 31 heavy (non-hydrogen) atoms. The van der Waals surface area contributed by atoms with Gasteiger partial charge in [-0.25, -0.2) is 4.98 Å². The average Bonchev–Trinajstić information content (AvgIpc) is 3.15. The molecule has 2 heterocycles. The molecule has 5 nitrogen and oxygen atoms in total. The molecule has 0 radical (unpaired) electrons. The molecule has 1 atom stereocenters. The number of halogens is 1. The minimum Gasteiger partial charge on any atom is -0.324 e. The first kappa shape index (κ1) is 21.3. The van der Waals surface area contributed by atoms with Crippen molar-refractivity contribution < 1.29 is 4.79 Å². The number of hydrogen-bond acceptors (Lipinski definition) is 4. The van der Waals surface area contributed by atoms with Crippen LogP contribution in [0.15, 0.2) is 59.0 Å². The monoisotopic (exact) mass is 451 g/mol. The fourth-order valence-electron chi connectivity index (χ4n) is 3.79. The highest BCUT2D eigenvalue weighted by atomic mass is 35.5. The van der Waals surface area contributed by atoms with Gasteiger partial charge < -0.3 is 5.32 Å². The molecule has 0 bridgehead atoms. The van der Waals surface area contributed by atoms with Crippen LogP contribution in [-0.2, 0) is 4.79 Å². The van der Waals surface area contributed by atoms with Crippen molar-refractivity contribution in [1.29, 1.82) is 0 Å². The fourth-order valence-corrected chi connectivity index (χ4v) is 4.82. The van der Waals surface area contributed by atoms with E-state index in [4.69, 9.17) is 11.6 Å². The first-order valence-corrected chi connectivity index (χ1v) is 11.3. The third-order valence-corrected chi connectivity index (χ3v) is 6.33. The number of aromatic nitrogens is 2. The number of anilines is 1. The Bertz CT molecular complexity index is 1300. The highest BCUT2D eigenvalue weighted by Crippen LogP contribution is 2.31. The van der Waals surface area contributed by atoms with E-state index in [0.29, 0.717) is 21.7 Å². The number of nitrogens with zero attached hydrogens (tertiary/aromatic N) is 2. The van der Waals surface area contributed by atoms with E-state index in [9.17, 15) is 9.59 Å². The van der Waals surface area contributed by atoms with Crippen molar-refractivity contribution in [3.8, 4) is 11.1 Å². The van der Waals surface area contributed by atoms with Gasteiger partial charge in [0.2, 0.25) is 5.91 Å². The summed E-state index contributed by atoms with van der Waals surface area (Å²) in [6, 6.07) is 12.6. The molecule has 0 aliphatic rings. The van der Waals surface area contributed by atoms with E-state index in [1.54, 1.807) is 12.1 Å². The molecular formula is C24H22ClN3O2S. The Hall–Kier alpha value is -2.96. The zero-order valence-corrected chi connectivity index (χ0v) is 19.1. The average molecular weight is 452 g/mol. The number of fused-ring (bicyclic) bond motifs is 1. The van der Waals surface area contributed by atoms with Crippen molar-refractivity contribution in [2.75, 3.05) is 5.32 Å². The summed E-state index contributed by atoms with van der Waals surface area (Å²) < 4.78 is 1.44. The number of thiophene rings is 1. The van der Waals surface area contributed by atoms with Gasteiger partial charge in [-0.15, -0.1) is 11.3 Å². The van der Waals surface area contributed by atoms with Gasteiger partial charge in [0.1, 0.15) is 10.9 Å². The van der Waals surface area contributed by atoms with Crippen LogP contribution in [0.4, 0.5) is 5.69 Å². The van der Waals surface area contributed by atoms with Gasteiger partial charge in [0.15, 0.2) is 0 Å². The van der Waals surface area contributed by atoms with Gasteiger partial charge in [-0.2, -0.15) is 0 Å². The number of aryl methyl sites for hydroxylation is 2. The van der Waals surface area contributed by atoms with Crippen molar-refractivity contribution in [1.82, 2.24) is 9.55 Å². The molecule has 7 heteroatoms. The zero-order valence-electron chi connectivity index (χ0n) is 17.5. The Labute approximate surface area is 189 Å². The number of nitrogens with one attached hydrogen (secondary N) is 1. The third kappa shape index (κ3) is 4.27. The van der Waals surface area contributed by atoms with Crippen molar-refractivity contribution >= 4 is 44.7 Å². The lowest BCUT2D eigenvalue weighted by Crippen LogP contribution is -2.33. The topological polar surface area (TPSA) is 64.0 Å². The van der Waals surface area contributed by atoms with Crippen molar-refractivity contribution in [3.05, 3.63) is 80.7 Å². The SMILES string of the molecule is CCC(C(=O)Nc1cc(C)cc(C)c1)n1cnc2scc(-c3ccc(Cl)cc3)c2c1=O. The second-order valence-corrected chi connectivity index (χ2v) is 8.88. The summed E-state index contributed by atoms with van der Waals surface area (Å²) in [4.78, 5) is 31.6. The molecular weight excluding hydrogens is 430 g/mol. The zero-order chi connectivity index (χ0) is 22.1. The second kappa shape index (κ2) is 8.65. The lowest BCUT2D eigenvalue weighted by atomic mass is 10.1. The molecule has 0 fully saturated rings. The number of rotatable bonds is 5. The molecule has 4 aromatic rings. The number of carbonyl (C=O) groups is 1. The number of benzene rings is 2. The Morgan fingerprint density at radius 3 is 2.48 bits per heavy atom. The highest BCUT2D eigenvalue weighted by molar-refractivity contribution is 7.17. The van der Waals surface area contributed by atoms with Gasteiger partial charge in [0.25, 0.3) is 5.56 Å². The summed E-state index contributed by atoms with van der Waals surface area (Å²) >= 11 is 7.42. The third-order valence-electron chi connectivity index (χ3n) is 5.19. The van der Waals surface area contributed by atoms with Crippen LogP contribution >= 0.6 is 22.9 Å². The predicted molar refractivity (Wildman–Crippen MR) is 128 cm³/mol. The molecule has 0 aliphatic carbocycles. The molecule has 4 rings (SSSR count). The van der Waals surface area contributed by atoms with Crippen molar-refractivity contribution in [2.24, 2.45) is 0 Å². The molecule has 1 amide bonds. The van der Waals surface area contributed by atoms with E-state index in [2.05, 4.69) is 10.3 Å². The van der Waals surface area contributed by atoms with Crippen LogP contribution in [0.5, 0.6) is 0 Å². The van der Waals surface area contributed by atoms with E-state index in [-0.39, 0.29) is 11.5 Å². The van der Waals surface area contributed by atoms with Crippen LogP contribution in [0.3, 0.4) is 0 Å². The van der Waals surface area contributed by atoms with Gasteiger partial charge in [-0.1, -0.05) is 36.7 Å². The van der Waals surface area contributed by atoms with E-state index in [0.717, 1.165) is 27.9 Å². The first-order valence-electron chi connectivity index (χ1n) is 10.0. The Kier molecular flexibility index (Phi) is 5.94. The molecule has 0 saturated carbocycles. The molecule has 2 aromatic carbocycles. The highest BCUT2D eigenvalue weighted by Gasteiger charge is 2.23. The van der Waals surface area contributed by atoms with E-state index in [1.165, 1.54) is 22.2 Å². The fraction of sp³-hybridized carbons (Fsp3) is 0.208. The maximum atomic E-state index is 13.4. The summed E-state index contributed by atoms with van der Waals surface area (Å²) in [5.41, 5.74) is 4.32. The predicted octanol–water partition coefficient (Wildman–Crippen LogP) is 5.99. The number of hydrogen-bond donors (Lipinski definition) is 1. The Morgan fingerprint density at radius 1 is 1.16 bits per heavy atom. The number of carbonyl (C=O) groups excluding carboxylic acids is 1. The van der Waals surface area contributed by atoms with Crippen LogP contribution < -0.4 is 10.9 Å². The summed E-state index contributed by atoms with van der Waals surface area (Å²) in [5, 5.41) is 6.03. The lowest BCUT2D eigenvalue weighted by Gasteiger charge is -2.18.